The molecule has 0 aromatic carbocycles. The third kappa shape index (κ3) is 2.06. The van der Waals surface area contributed by atoms with Crippen molar-refractivity contribution < 1.29 is 5.11 Å². The van der Waals surface area contributed by atoms with Crippen LogP contribution in [0.2, 0.25) is 0 Å². The van der Waals surface area contributed by atoms with Crippen molar-refractivity contribution in [2.45, 2.75) is 46.1 Å². The summed E-state index contributed by atoms with van der Waals surface area (Å²) in [6.07, 6.45) is 3.17. The largest absolute Gasteiger partial charge is 0.393 e. The second-order valence-corrected chi connectivity index (χ2v) is 3.89. The van der Waals surface area contributed by atoms with Crippen LogP contribution in [-0.4, -0.2) is 11.2 Å². The highest BCUT2D eigenvalue weighted by atomic mass is 16.3. The molecule has 2 unspecified atom stereocenters. The van der Waals surface area contributed by atoms with Crippen LogP contribution in [0.1, 0.15) is 40.0 Å². The SMILES string of the molecule is CC(C)=C1CCC(C)C(O)C1. The fourth-order valence-electron chi connectivity index (χ4n) is 1.60. The van der Waals surface area contributed by atoms with Crippen molar-refractivity contribution in [1.82, 2.24) is 0 Å². The molecule has 1 nitrogen and oxygen atoms in total. The zero-order valence-electron chi connectivity index (χ0n) is 7.72. The highest BCUT2D eigenvalue weighted by molar-refractivity contribution is 5.13. The van der Waals surface area contributed by atoms with Crippen molar-refractivity contribution in [3.63, 3.8) is 0 Å². The van der Waals surface area contributed by atoms with Crippen LogP contribution >= 0.6 is 0 Å². The maximum atomic E-state index is 9.56. The summed E-state index contributed by atoms with van der Waals surface area (Å²) in [6, 6.07) is 0. The molecule has 11 heavy (non-hydrogen) atoms. The third-order valence-electron chi connectivity index (χ3n) is 2.72. The average molecular weight is 154 g/mol. The zero-order chi connectivity index (χ0) is 8.43. The summed E-state index contributed by atoms with van der Waals surface area (Å²) >= 11 is 0. The van der Waals surface area contributed by atoms with Gasteiger partial charge in [0.1, 0.15) is 0 Å². The lowest BCUT2D eigenvalue weighted by Crippen LogP contribution is -2.23. The van der Waals surface area contributed by atoms with Gasteiger partial charge >= 0.3 is 0 Å². The van der Waals surface area contributed by atoms with Crippen molar-refractivity contribution in [3.05, 3.63) is 11.1 Å². The lowest BCUT2D eigenvalue weighted by Gasteiger charge is -2.27. The molecule has 1 saturated carbocycles. The van der Waals surface area contributed by atoms with Crippen molar-refractivity contribution >= 4 is 0 Å². The summed E-state index contributed by atoms with van der Waals surface area (Å²) in [4.78, 5) is 0. The topological polar surface area (TPSA) is 20.2 Å². The van der Waals surface area contributed by atoms with E-state index in [1.807, 2.05) is 0 Å². The Balaban J connectivity index is 2.60. The van der Waals surface area contributed by atoms with Crippen molar-refractivity contribution in [2.24, 2.45) is 5.92 Å². The molecule has 0 bridgehead atoms. The average Bonchev–Trinajstić information content (AvgIpc) is 1.94. The smallest absolute Gasteiger partial charge is 0.0603 e. The summed E-state index contributed by atoms with van der Waals surface area (Å²) < 4.78 is 0. The molecule has 0 aromatic rings. The molecule has 0 aromatic heterocycles. The minimum Gasteiger partial charge on any atom is -0.393 e. The Morgan fingerprint density at radius 3 is 2.55 bits per heavy atom. The monoisotopic (exact) mass is 154 g/mol. The predicted molar refractivity (Wildman–Crippen MR) is 47.4 cm³/mol. The first-order chi connectivity index (χ1) is 5.11. The normalized spacial score (nSPS) is 32.2. The van der Waals surface area contributed by atoms with E-state index in [0.29, 0.717) is 5.92 Å². The second-order valence-electron chi connectivity index (χ2n) is 3.89. The first kappa shape index (κ1) is 8.79. The van der Waals surface area contributed by atoms with Crippen LogP contribution in [0.4, 0.5) is 0 Å². The van der Waals surface area contributed by atoms with Crippen LogP contribution in [0.25, 0.3) is 0 Å². The third-order valence-corrected chi connectivity index (χ3v) is 2.72. The highest BCUT2D eigenvalue weighted by Crippen LogP contribution is 2.29. The number of hydrogen-bond donors (Lipinski definition) is 1. The maximum absolute atomic E-state index is 9.56. The van der Waals surface area contributed by atoms with E-state index >= 15 is 0 Å². The molecule has 0 heterocycles. The molecule has 64 valence electrons. The first-order valence-corrected chi connectivity index (χ1v) is 4.44. The van der Waals surface area contributed by atoms with E-state index in [-0.39, 0.29) is 6.10 Å². The van der Waals surface area contributed by atoms with Gasteiger partial charge in [-0.2, -0.15) is 0 Å². The molecule has 0 amide bonds. The molecule has 1 N–H and O–H groups in total. The number of rotatable bonds is 0. The van der Waals surface area contributed by atoms with E-state index < -0.39 is 0 Å². The minimum absolute atomic E-state index is 0.0892. The summed E-state index contributed by atoms with van der Waals surface area (Å²) in [7, 11) is 0. The van der Waals surface area contributed by atoms with Crippen LogP contribution in [0.5, 0.6) is 0 Å². The standard InChI is InChI=1S/C10H18O/c1-7(2)9-5-4-8(3)10(11)6-9/h8,10-11H,4-6H2,1-3H3. The van der Waals surface area contributed by atoms with Gasteiger partial charge in [-0.25, -0.2) is 0 Å². The maximum Gasteiger partial charge on any atom is 0.0603 e. The molecule has 1 rings (SSSR count). The molecular weight excluding hydrogens is 136 g/mol. The number of allylic oxidation sites excluding steroid dienone is 1. The molecule has 1 aliphatic carbocycles. The fourth-order valence-corrected chi connectivity index (χ4v) is 1.60. The van der Waals surface area contributed by atoms with Gasteiger partial charge in [0.25, 0.3) is 0 Å². The first-order valence-electron chi connectivity index (χ1n) is 4.44. The van der Waals surface area contributed by atoms with Crippen LogP contribution in [0, 0.1) is 5.92 Å². The van der Waals surface area contributed by atoms with Gasteiger partial charge in [0.05, 0.1) is 6.10 Å². The second kappa shape index (κ2) is 3.40. The van der Waals surface area contributed by atoms with E-state index in [2.05, 4.69) is 20.8 Å². The molecule has 1 aliphatic rings. The van der Waals surface area contributed by atoms with E-state index in [1.54, 1.807) is 0 Å². The summed E-state index contributed by atoms with van der Waals surface area (Å²) in [6.45, 7) is 6.41. The Labute approximate surface area is 69.1 Å². The Morgan fingerprint density at radius 1 is 1.45 bits per heavy atom. The molecular formula is C10H18O. The van der Waals surface area contributed by atoms with Gasteiger partial charge in [-0.1, -0.05) is 18.1 Å². The minimum atomic E-state index is -0.0892. The number of aliphatic hydroxyl groups is 1. The molecule has 2 atom stereocenters. The van der Waals surface area contributed by atoms with Crippen LogP contribution < -0.4 is 0 Å². The highest BCUT2D eigenvalue weighted by Gasteiger charge is 2.21. The van der Waals surface area contributed by atoms with Crippen molar-refractivity contribution in [3.8, 4) is 0 Å². The number of aliphatic hydroxyl groups excluding tert-OH is 1. The Morgan fingerprint density at radius 2 is 2.09 bits per heavy atom. The van der Waals surface area contributed by atoms with Crippen molar-refractivity contribution in [1.29, 1.82) is 0 Å². The number of hydrogen-bond acceptors (Lipinski definition) is 1. The molecule has 0 aliphatic heterocycles. The van der Waals surface area contributed by atoms with Crippen molar-refractivity contribution in [2.75, 3.05) is 0 Å². The molecule has 0 radical (unpaired) electrons. The van der Waals surface area contributed by atoms with Crippen LogP contribution in [-0.2, 0) is 0 Å². The van der Waals surface area contributed by atoms with Gasteiger partial charge in [0.15, 0.2) is 0 Å². The van der Waals surface area contributed by atoms with Gasteiger partial charge in [-0.15, -0.1) is 0 Å². The van der Waals surface area contributed by atoms with Crippen LogP contribution in [0.3, 0.4) is 0 Å². The zero-order valence-corrected chi connectivity index (χ0v) is 7.72. The summed E-state index contributed by atoms with van der Waals surface area (Å²) in [5.41, 5.74) is 2.87. The Kier molecular flexibility index (Phi) is 2.72. The summed E-state index contributed by atoms with van der Waals surface area (Å²) in [5, 5.41) is 9.56. The van der Waals surface area contributed by atoms with Gasteiger partial charge in [-0.05, 0) is 39.0 Å². The molecule has 0 saturated heterocycles. The van der Waals surface area contributed by atoms with Crippen LogP contribution in [0.15, 0.2) is 11.1 Å². The Bertz CT molecular complexity index is 166. The van der Waals surface area contributed by atoms with Gasteiger partial charge in [0, 0.05) is 0 Å². The molecule has 1 heteroatoms. The van der Waals surface area contributed by atoms with Gasteiger partial charge < -0.3 is 5.11 Å². The Hall–Kier alpha value is -0.300. The molecule has 0 spiro atoms. The van der Waals surface area contributed by atoms with E-state index in [0.717, 1.165) is 12.8 Å². The lowest BCUT2D eigenvalue weighted by atomic mass is 9.83. The van der Waals surface area contributed by atoms with E-state index in [9.17, 15) is 5.11 Å². The van der Waals surface area contributed by atoms with E-state index in [4.69, 9.17) is 0 Å². The summed E-state index contributed by atoms with van der Waals surface area (Å²) in [5.74, 6) is 0.498. The molecule has 1 fully saturated rings. The van der Waals surface area contributed by atoms with E-state index in [1.165, 1.54) is 17.6 Å². The lowest BCUT2D eigenvalue weighted by molar-refractivity contribution is 0.0974. The predicted octanol–water partition coefficient (Wildman–Crippen LogP) is 2.50. The quantitative estimate of drug-likeness (QED) is 0.531. The fraction of sp³-hybridized carbons (Fsp3) is 0.800. The van der Waals surface area contributed by atoms with Gasteiger partial charge in [0.2, 0.25) is 0 Å². The van der Waals surface area contributed by atoms with Gasteiger partial charge in [-0.3, -0.25) is 0 Å².